The molecule has 1 aromatic carbocycles. The van der Waals surface area contributed by atoms with E-state index >= 15 is 0 Å². The number of aromatic amines is 1. The Morgan fingerprint density at radius 1 is 1.20 bits per heavy atom. The summed E-state index contributed by atoms with van der Waals surface area (Å²) in [7, 11) is 0. The highest BCUT2D eigenvalue weighted by atomic mass is 35.5. The number of rotatable bonds is 2. The number of aromatic nitrogens is 2. The van der Waals surface area contributed by atoms with E-state index in [1.54, 1.807) is 0 Å². The number of hydrogen-bond donors (Lipinski definition) is 1. The van der Waals surface area contributed by atoms with Crippen LogP contribution < -0.4 is 4.90 Å². The molecular formula is C19H23ClN4O. The Hall–Kier alpha value is -2.01. The molecule has 0 unspecified atom stereocenters. The molecule has 4 rings (SSSR count). The molecule has 25 heavy (non-hydrogen) atoms. The highest BCUT2D eigenvalue weighted by Crippen LogP contribution is 2.26. The van der Waals surface area contributed by atoms with Crippen molar-refractivity contribution < 1.29 is 4.79 Å². The van der Waals surface area contributed by atoms with Gasteiger partial charge in [0.15, 0.2) is 0 Å². The second-order valence-corrected chi connectivity index (χ2v) is 7.41. The molecule has 6 heteroatoms. The molecule has 1 aromatic heterocycles. The summed E-state index contributed by atoms with van der Waals surface area (Å²) >= 11 is 5.96. The van der Waals surface area contributed by atoms with Gasteiger partial charge in [0.05, 0.1) is 5.69 Å². The van der Waals surface area contributed by atoms with Gasteiger partial charge in [-0.2, -0.15) is 0 Å². The van der Waals surface area contributed by atoms with Gasteiger partial charge >= 0.3 is 0 Å². The average Bonchev–Trinajstić information content (AvgIpc) is 3.01. The van der Waals surface area contributed by atoms with Gasteiger partial charge in [-0.1, -0.05) is 11.6 Å². The van der Waals surface area contributed by atoms with Crippen LogP contribution in [0.2, 0.25) is 5.02 Å². The van der Waals surface area contributed by atoms with E-state index in [9.17, 15) is 4.79 Å². The number of hydrogen-bond acceptors (Lipinski definition) is 3. The van der Waals surface area contributed by atoms with Gasteiger partial charge in [0.2, 0.25) is 5.91 Å². The maximum Gasteiger partial charge on any atom is 0.226 e. The van der Waals surface area contributed by atoms with Crippen LogP contribution in [0.1, 0.15) is 23.6 Å². The number of H-pyrrole nitrogens is 1. The van der Waals surface area contributed by atoms with Crippen molar-refractivity contribution in [1.82, 2.24) is 14.9 Å². The highest BCUT2D eigenvalue weighted by Gasteiger charge is 2.31. The lowest BCUT2D eigenvalue weighted by molar-refractivity contribution is -0.136. The average molecular weight is 359 g/mol. The zero-order valence-corrected chi connectivity index (χ0v) is 15.2. The number of nitrogens with zero attached hydrogens (tertiary/aromatic N) is 3. The van der Waals surface area contributed by atoms with Crippen LogP contribution in [0.3, 0.4) is 0 Å². The van der Waals surface area contributed by atoms with Crippen molar-refractivity contribution >= 4 is 23.2 Å². The molecule has 5 nitrogen and oxygen atoms in total. The predicted octanol–water partition coefficient (Wildman–Crippen LogP) is 2.83. The first-order valence-electron chi connectivity index (χ1n) is 8.94. The Morgan fingerprint density at radius 2 is 1.92 bits per heavy atom. The molecule has 1 N–H and O–H groups in total. The number of carbonyl (C=O) groups is 1. The lowest BCUT2D eigenvalue weighted by Crippen LogP contribution is -2.51. The SMILES string of the molecule is Cc1nc2c([nH]1)C[C@@H](C(=O)N1CCN(c3ccc(Cl)cc3)CC1)CC2. The van der Waals surface area contributed by atoms with Crippen LogP contribution in [0.5, 0.6) is 0 Å². The molecule has 0 bridgehead atoms. The summed E-state index contributed by atoms with van der Waals surface area (Å²) in [5, 5.41) is 0.753. The minimum atomic E-state index is 0.0921. The summed E-state index contributed by atoms with van der Waals surface area (Å²) in [6.45, 7) is 5.29. The number of halogens is 1. The Balaban J connectivity index is 1.36. The fraction of sp³-hybridized carbons (Fsp3) is 0.474. The summed E-state index contributed by atoms with van der Waals surface area (Å²) in [4.78, 5) is 25.1. The van der Waals surface area contributed by atoms with Crippen LogP contribution in [0.4, 0.5) is 5.69 Å². The number of amides is 1. The van der Waals surface area contributed by atoms with Crippen molar-refractivity contribution in [3.05, 3.63) is 46.5 Å². The third-order valence-corrected chi connectivity index (χ3v) is 5.55. The number of fused-ring (bicyclic) bond motifs is 1. The van der Waals surface area contributed by atoms with Crippen LogP contribution in [0, 0.1) is 12.8 Å². The van der Waals surface area contributed by atoms with E-state index in [1.807, 2.05) is 36.1 Å². The van der Waals surface area contributed by atoms with E-state index in [4.69, 9.17) is 11.6 Å². The Labute approximate surface area is 153 Å². The van der Waals surface area contributed by atoms with E-state index in [1.165, 1.54) is 5.69 Å². The van der Waals surface area contributed by atoms with E-state index in [2.05, 4.69) is 14.9 Å². The van der Waals surface area contributed by atoms with Crippen LogP contribution >= 0.6 is 11.6 Å². The van der Waals surface area contributed by atoms with Crippen molar-refractivity contribution in [2.24, 2.45) is 5.92 Å². The maximum atomic E-state index is 12.9. The lowest BCUT2D eigenvalue weighted by Gasteiger charge is -2.38. The number of carbonyl (C=O) groups excluding carboxylic acids is 1. The number of imidazole rings is 1. The Kier molecular flexibility index (Phi) is 4.42. The molecule has 1 fully saturated rings. The second kappa shape index (κ2) is 6.71. The number of aryl methyl sites for hydroxylation is 2. The molecule has 0 spiro atoms. The molecule has 1 saturated heterocycles. The highest BCUT2D eigenvalue weighted by molar-refractivity contribution is 6.30. The number of nitrogens with one attached hydrogen (secondary N) is 1. The number of benzene rings is 1. The second-order valence-electron chi connectivity index (χ2n) is 6.98. The monoisotopic (exact) mass is 358 g/mol. The van der Waals surface area contributed by atoms with Crippen LogP contribution in [0.15, 0.2) is 24.3 Å². The van der Waals surface area contributed by atoms with Gasteiger partial charge in [-0.3, -0.25) is 4.79 Å². The standard InChI is InChI=1S/C19H23ClN4O/c1-13-21-17-7-2-14(12-18(17)22-13)19(25)24-10-8-23(9-11-24)16-5-3-15(20)4-6-16/h3-6,14H,2,7-12H2,1H3,(H,21,22)/t14-/m0/s1. The van der Waals surface area contributed by atoms with Crippen molar-refractivity contribution in [3.63, 3.8) is 0 Å². The quantitative estimate of drug-likeness (QED) is 0.898. The predicted molar refractivity (Wildman–Crippen MR) is 99.1 cm³/mol. The molecule has 132 valence electrons. The molecule has 1 amide bonds. The fourth-order valence-electron chi connectivity index (χ4n) is 3.93. The molecule has 2 aromatic rings. The maximum absolute atomic E-state index is 12.9. The summed E-state index contributed by atoms with van der Waals surface area (Å²) in [6, 6.07) is 7.92. The van der Waals surface area contributed by atoms with Gasteiger partial charge in [-0.05, 0) is 44.0 Å². The minimum Gasteiger partial charge on any atom is -0.368 e. The molecule has 2 heterocycles. The van der Waals surface area contributed by atoms with Gasteiger partial charge in [-0.15, -0.1) is 0 Å². The lowest BCUT2D eigenvalue weighted by atomic mass is 9.88. The van der Waals surface area contributed by atoms with Crippen LogP contribution in [0.25, 0.3) is 0 Å². The van der Waals surface area contributed by atoms with Crippen molar-refractivity contribution in [3.8, 4) is 0 Å². The van der Waals surface area contributed by atoms with Crippen LogP contribution in [-0.4, -0.2) is 47.0 Å². The molecule has 1 aliphatic heterocycles. The van der Waals surface area contributed by atoms with Crippen molar-refractivity contribution in [2.75, 3.05) is 31.1 Å². The van der Waals surface area contributed by atoms with Gasteiger partial charge in [-0.25, -0.2) is 4.98 Å². The molecule has 0 saturated carbocycles. The van der Waals surface area contributed by atoms with Gasteiger partial charge in [0.25, 0.3) is 0 Å². The summed E-state index contributed by atoms with van der Waals surface area (Å²) in [5.41, 5.74) is 3.47. The smallest absolute Gasteiger partial charge is 0.226 e. The van der Waals surface area contributed by atoms with Gasteiger partial charge in [0.1, 0.15) is 5.82 Å². The van der Waals surface area contributed by atoms with E-state index in [0.29, 0.717) is 5.91 Å². The van der Waals surface area contributed by atoms with Gasteiger partial charge in [0, 0.05) is 54.9 Å². The van der Waals surface area contributed by atoms with E-state index < -0.39 is 0 Å². The van der Waals surface area contributed by atoms with E-state index in [-0.39, 0.29) is 5.92 Å². The summed E-state index contributed by atoms with van der Waals surface area (Å²) in [5.74, 6) is 1.35. The number of piperazine rings is 1. The van der Waals surface area contributed by atoms with Crippen molar-refractivity contribution in [1.29, 1.82) is 0 Å². The summed E-state index contributed by atoms with van der Waals surface area (Å²) in [6.07, 6.45) is 2.61. The first-order valence-corrected chi connectivity index (χ1v) is 9.31. The van der Waals surface area contributed by atoms with Gasteiger partial charge < -0.3 is 14.8 Å². The first kappa shape index (κ1) is 16.5. The third kappa shape index (κ3) is 3.38. The Bertz CT molecular complexity index is 762. The molecular weight excluding hydrogens is 336 g/mol. The van der Waals surface area contributed by atoms with Crippen LogP contribution in [-0.2, 0) is 17.6 Å². The number of anilines is 1. The Morgan fingerprint density at radius 3 is 2.64 bits per heavy atom. The fourth-order valence-corrected chi connectivity index (χ4v) is 4.06. The minimum absolute atomic E-state index is 0.0921. The largest absolute Gasteiger partial charge is 0.368 e. The molecule has 2 aliphatic rings. The van der Waals surface area contributed by atoms with E-state index in [0.717, 1.165) is 67.7 Å². The molecule has 1 aliphatic carbocycles. The normalized spacial score (nSPS) is 20.5. The zero-order valence-electron chi connectivity index (χ0n) is 14.5. The topological polar surface area (TPSA) is 52.2 Å². The van der Waals surface area contributed by atoms with Crippen molar-refractivity contribution in [2.45, 2.75) is 26.2 Å². The molecule has 0 radical (unpaired) electrons. The third-order valence-electron chi connectivity index (χ3n) is 5.30. The first-order chi connectivity index (χ1) is 12.1. The molecule has 1 atom stereocenters. The zero-order chi connectivity index (χ0) is 17.4. The summed E-state index contributed by atoms with van der Waals surface area (Å²) < 4.78 is 0.